The van der Waals surface area contributed by atoms with Crippen molar-refractivity contribution in [1.29, 1.82) is 0 Å². The maximum atomic E-state index is 12.6. The van der Waals surface area contributed by atoms with E-state index in [1.165, 1.54) is 0 Å². The summed E-state index contributed by atoms with van der Waals surface area (Å²) in [6, 6.07) is 9.26. The molecule has 1 aromatic heterocycles. The van der Waals surface area contributed by atoms with Crippen molar-refractivity contribution in [3.05, 3.63) is 58.5 Å². The van der Waals surface area contributed by atoms with Gasteiger partial charge in [-0.15, -0.1) is 0 Å². The third-order valence-corrected chi connectivity index (χ3v) is 3.60. The lowest BCUT2D eigenvalue weighted by molar-refractivity contribution is 0.0679. The summed E-state index contributed by atoms with van der Waals surface area (Å²) in [5.74, 6) is -0.0317. The van der Waals surface area contributed by atoms with E-state index in [4.69, 9.17) is 9.15 Å². The van der Waals surface area contributed by atoms with Crippen LogP contribution in [0.15, 0.2) is 51.7 Å². The summed E-state index contributed by atoms with van der Waals surface area (Å²) in [7, 11) is 1.62. The first-order valence-corrected chi connectivity index (χ1v) is 7.05. The Balaban J connectivity index is 2.17. The number of methoxy groups -OCH3 is 1. The monoisotopic (exact) mass is 337 g/mol. The molecule has 0 N–H and O–H groups in total. The summed E-state index contributed by atoms with van der Waals surface area (Å²) in [6.07, 6.45) is 3.25. The SMILES string of the molecule is COCCN(Cc1ccoc1)C(=O)c1ccccc1Br. The van der Waals surface area contributed by atoms with Crippen LogP contribution >= 0.6 is 15.9 Å². The topological polar surface area (TPSA) is 42.7 Å². The van der Waals surface area contributed by atoms with E-state index in [0.29, 0.717) is 25.3 Å². The summed E-state index contributed by atoms with van der Waals surface area (Å²) >= 11 is 3.41. The van der Waals surface area contributed by atoms with Gasteiger partial charge in [-0.25, -0.2) is 0 Å². The van der Waals surface area contributed by atoms with Gasteiger partial charge in [0.05, 0.1) is 24.7 Å². The van der Waals surface area contributed by atoms with E-state index >= 15 is 0 Å². The number of halogens is 1. The van der Waals surface area contributed by atoms with Gasteiger partial charge in [0.1, 0.15) is 0 Å². The average Bonchev–Trinajstić information content (AvgIpc) is 2.96. The van der Waals surface area contributed by atoms with Crippen LogP contribution in [0.4, 0.5) is 0 Å². The molecule has 0 spiro atoms. The molecule has 1 aromatic carbocycles. The lowest BCUT2D eigenvalue weighted by Crippen LogP contribution is -2.33. The number of carbonyl (C=O) groups is 1. The smallest absolute Gasteiger partial charge is 0.255 e. The number of hydrogen-bond acceptors (Lipinski definition) is 3. The molecule has 1 amide bonds. The van der Waals surface area contributed by atoms with Crippen LogP contribution in [0.2, 0.25) is 0 Å². The van der Waals surface area contributed by atoms with E-state index in [-0.39, 0.29) is 5.91 Å². The summed E-state index contributed by atoms with van der Waals surface area (Å²) in [5.41, 5.74) is 1.61. The highest BCUT2D eigenvalue weighted by atomic mass is 79.9. The molecule has 0 saturated heterocycles. The Morgan fingerprint density at radius 3 is 2.80 bits per heavy atom. The zero-order valence-electron chi connectivity index (χ0n) is 11.2. The van der Waals surface area contributed by atoms with Gasteiger partial charge in [0, 0.05) is 30.2 Å². The van der Waals surface area contributed by atoms with Gasteiger partial charge in [-0.1, -0.05) is 12.1 Å². The first-order chi connectivity index (χ1) is 9.72. The van der Waals surface area contributed by atoms with Crippen molar-refractivity contribution in [3.63, 3.8) is 0 Å². The number of carbonyl (C=O) groups excluding carboxylic acids is 1. The number of nitrogens with zero attached hydrogens (tertiary/aromatic N) is 1. The van der Waals surface area contributed by atoms with Gasteiger partial charge in [0.2, 0.25) is 0 Å². The van der Waals surface area contributed by atoms with Crippen molar-refractivity contribution in [3.8, 4) is 0 Å². The van der Waals surface area contributed by atoms with Crippen molar-refractivity contribution in [2.45, 2.75) is 6.54 Å². The molecule has 1 heterocycles. The molecule has 0 atom stereocenters. The van der Waals surface area contributed by atoms with E-state index in [2.05, 4.69) is 15.9 Å². The highest BCUT2D eigenvalue weighted by Gasteiger charge is 2.18. The van der Waals surface area contributed by atoms with E-state index < -0.39 is 0 Å². The maximum Gasteiger partial charge on any atom is 0.255 e. The lowest BCUT2D eigenvalue weighted by Gasteiger charge is -2.22. The van der Waals surface area contributed by atoms with Crippen LogP contribution in [0, 0.1) is 0 Å². The van der Waals surface area contributed by atoms with Crippen LogP contribution in [0.1, 0.15) is 15.9 Å². The minimum absolute atomic E-state index is 0.0317. The van der Waals surface area contributed by atoms with E-state index in [9.17, 15) is 4.79 Å². The van der Waals surface area contributed by atoms with Gasteiger partial charge in [-0.2, -0.15) is 0 Å². The van der Waals surface area contributed by atoms with Gasteiger partial charge in [0.15, 0.2) is 0 Å². The second-order valence-corrected chi connectivity index (χ2v) is 5.19. The van der Waals surface area contributed by atoms with Crippen LogP contribution in [0.25, 0.3) is 0 Å². The standard InChI is InChI=1S/C15H16BrNO3/c1-19-9-7-17(10-12-6-8-20-11-12)15(18)13-4-2-3-5-14(13)16/h2-6,8,11H,7,9-10H2,1H3. The minimum atomic E-state index is -0.0317. The predicted octanol–water partition coefficient (Wildman–Crippen LogP) is 3.33. The summed E-state index contributed by atoms with van der Waals surface area (Å²) in [5, 5.41) is 0. The molecule has 5 heteroatoms. The molecule has 0 fully saturated rings. The van der Waals surface area contributed by atoms with E-state index in [1.807, 2.05) is 30.3 Å². The molecule has 0 aliphatic heterocycles. The summed E-state index contributed by atoms with van der Waals surface area (Å²) < 4.78 is 10.9. The lowest BCUT2D eigenvalue weighted by atomic mass is 10.2. The molecule has 0 unspecified atom stereocenters. The zero-order chi connectivity index (χ0) is 14.4. The maximum absolute atomic E-state index is 12.6. The summed E-state index contributed by atoms with van der Waals surface area (Å²) in [6.45, 7) is 1.52. The molecule has 4 nitrogen and oxygen atoms in total. The normalized spacial score (nSPS) is 10.5. The Morgan fingerprint density at radius 2 is 2.15 bits per heavy atom. The molecule has 106 valence electrons. The molecule has 0 saturated carbocycles. The first kappa shape index (κ1) is 14.8. The van der Waals surface area contributed by atoms with E-state index in [1.54, 1.807) is 24.5 Å². The number of amides is 1. The average molecular weight is 338 g/mol. The van der Waals surface area contributed by atoms with Crippen molar-refractivity contribution in [2.24, 2.45) is 0 Å². The second-order valence-electron chi connectivity index (χ2n) is 4.33. The van der Waals surface area contributed by atoms with Crippen molar-refractivity contribution >= 4 is 21.8 Å². The van der Waals surface area contributed by atoms with Gasteiger partial charge >= 0.3 is 0 Å². The van der Waals surface area contributed by atoms with Crippen LogP contribution in [-0.2, 0) is 11.3 Å². The van der Waals surface area contributed by atoms with Crippen LogP contribution in [0.5, 0.6) is 0 Å². The molecule has 0 aliphatic rings. The predicted molar refractivity (Wildman–Crippen MR) is 79.5 cm³/mol. The molecular weight excluding hydrogens is 322 g/mol. The second kappa shape index (κ2) is 7.26. The Bertz CT molecular complexity index is 554. The molecule has 2 rings (SSSR count). The number of rotatable bonds is 6. The Hall–Kier alpha value is -1.59. The Labute approximate surface area is 126 Å². The van der Waals surface area contributed by atoms with Gasteiger partial charge in [0.25, 0.3) is 5.91 Å². The van der Waals surface area contributed by atoms with Crippen molar-refractivity contribution in [1.82, 2.24) is 4.90 Å². The first-order valence-electron chi connectivity index (χ1n) is 6.26. The fraction of sp³-hybridized carbons (Fsp3) is 0.267. The van der Waals surface area contributed by atoms with Crippen molar-refractivity contribution < 1.29 is 13.9 Å². The van der Waals surface area contributed by atoms with Crippen LogP contribution < -0.4 is 0 Å². The van der Waals surface area contributed by atoms with Gasteiger partial charge < -0.3 is 14.1 Å². The van der Waals surface area contributed by atoms with Crippen LogP contribution in [-0.4, -0.2) is 31.1 Å². The third-order valence-electron chi connectivity index (χ3n) is 2.91. The molecule has 2 aromatic rings. The van der Waals surface area contributed by atoms with Crippen molar-refractivity contribution in [2.75, 3.05) is 20.3 Å². The fourth-order valence-electron chi connectivity index (χ4n) is 1.86. The molecule has 0 radical (unpaired) electrons. The third kappa shape index (κ3) is 3.71. The largest absolute Gasteiger partial charge is 0.472 e. The number of ether oxygens (including phenoxy) is 1. The molecular formula is C15H16BrNO3. The van der Waals surface area contributed by atoms with E-state index in [0.717, 1.165) is 10.0 Å². The highest BCUT2D eigenvalue weighted by Crippen LogP contribution is 2.19. The molecule has 0 bridgehead atoms. The number of furan rings is 1. The number of benzene rings is 1. The van der Waals surface area contributed by atoms with Gasteiger partial charge in [-0.05, 0) is 34.1 Å². The minimum Gasteiger partial charge on any atom is -0.472 e. The highest BCUT2D eigenvalue weighted by molar-refractivity contribution is 9.10. The quantitative estimate of drug-likeness (QED) is 0.811. The van der Waals surface area contributed by atoms with Crippen LogP contribution in [0.3, 0.4) is 0 Å². The Kier molecular flexibility index (Phi) is 5.38. The Morgan fingerprint density at radius 1 is 1.35 bits per heavy atom. The summed E-state index contributed by atoms with van der Waals surface area (Å²) in [4.78, 5) is 14.4. The molecule has 0 aliphatic carbocycles. The van der Waals surface area contributed by atoms with Gasteiger partial charge in [-0.3, -0.25) is 4.79 Å². The molecule has 20 heavy (non-hydrogen) atoms. The fourth-order valence-corrected chi connectivity index (χ4v) is 2.32. The number of hydrogen-bond donors (Lipinski definition) is 0. The zero-order valence-corrected chi connectivity index (χ0v) is 12.8.